The molecule has 2 N–H and O–H groups in total. The van der Waals surface area contributed by atoms with Gasteiger partial charge in [-0.05, 0) is 40.0 Å². The summed E-state index contributed by atoms with van der Waals surface area (Å²) in [6, 6.07) is 3.93. The monoisotopic (exact) mass is 417 g/mol. The molecule has 0 saturated carbocycles. The standard InChI is InChI=1S/C17H16BrN5OS/c1-23-8-11(6-21-23)17-22-12(9-25-17)7-20-15-5-13-10(4-14(15)18)2-3-19-16(13)24/h4-6,8-9,20H,2-3,7H2,1H3,(H,19,24). The zero-order valence-corrected chi connectivity index (χ0v) is 15.9. The molecular formula is C17H16BrN5OS. The van der Waals surface area contributed by atoms with Gasteiger partial charge >= 0.3 is 0 Å². The SMILES string of the molecule is Cn1cc(-c2nc(CNc3cc4c(cc3Br)CCNC4=O)cs2)cn1. The maximum absolute atomic E-state index is 12.0. The summed E-state index contributed by atoms with van der Waals surface area (Å²) in [4.78, 5) is 16.7. The smallest absolute Gasteiger partial charge is 0.251 e. The topological polar surface area (TPSA) is 71.8 Å². The molecule has 1 aliphatic rings. The quantitative estimate of drug-likeness (QED) is 0.683. The highest BCUT2D eigenvalue weighted by molar-refractivity contribution is 9.10. The Kier molecular flexibility index (Phi) is 4.30. The van der Waals surface area contributed by atoms with Crippen molar-refractivity contribution in [1.29, 1.82) is 0 Å². The van der Waals surface area contributed by atoms with Gasteiger partial charge in [-0.1, -0.05) is 0 Å². The molecule has 3 aromatic rings. The van der Waals surface area contributed by atoms with E-state index in [9.17, 15) is 4.79 Å². The highest BCUT2D eigenvalue weighted by Gasteiger charge is 2.18. The number of hydrogen-bond acceptors (Lipinski definition) is 5. The number of aromatic nitrogens is 3. The van der Waals surface area contributed by atoms with Crippen molar-refractivity contribution in [2.24, 2.45) is 7.05 Å². The van der Waals surface area contributed by atoms with E-state index >= 15 is 0 Å². The first-order valence-corrected chi connectivity index (χ1v) is 9.55. The summed E-state index contributed by atoms with van der Waals surface area (Å²) in [5, 5.41) is 13.4. The molecule has 0 radical (unpaired) electrons. The molecule has 0 unspecified atom stereocenters. The molecule has 3 heterocycles. The third-order valence-electron chi connectivity index (χ3n) is 4.08. The van der Waals surface area contributed by atoms with Crippen molar-refractivity contribution in [2.75, 3.05) is 11.9 Å². The zero-order chi connectivity index (χ0) is 17.4. The lowest BCUT2D eigenvalue weighted by atomic mass is 10.00. The number of benzene rings is 1. The molecule has 8 heteroatoms. The molecule has 0 fully saturated rings. The van der Waals surface area contributed by atoms with E-state index in [0.29, 0.717) is 13.1 Å². The predicted molar refractivity (Wildman–Crippen MR) is 102 cm³/mol. The van der Waals surface area contributed by atoms with Gasteiger partial charge in [-0.15, -0.1) is 11.3 Å². The lowest BCUT2D eigenvalue weighted by molar-refractivity contribution is 0.0946. The van der Waals surface area contributed by atoms with E-state index in [4.69, 9.17) is 0 Å². The second-order valence-electron chi connectivity index (χ2n) is 5.90. The molecule has 0 aliphatic carbocycles. The second-order valence-corrected chi connectivity index (χ2v) is 7.61. The van der Waals surface area contributed by atoms with E-state index in [1.54, 1.807) is 16.0 Å². The number of rotatable bonds is 4. The molecule has 1 aromatic carbocycles. The zero-order valence-electron chi connectivity index (χ0n) is 13.5. The minimum Gasteiger partial charge on any atom is -0.378 e. The summed E-state index contributed by atoms with van der Waals surface area (Å²) in [5.74, 6) is -0.00989. The largest absolute Gasteiger partial charge is 0.378 e. The Balaban J connectivity index is 1.51. The van der Waals surface area contributed by atoms with Crippen LogP contribution >= 0.6 is 27.3 Å². The van der Waals surface area contributed by atoms with Gasteiger partial charge in [0.1, 0.15) is 5.01 Å². The Bertz CT molecular complexity index is 948. The van der Waals surface area contributed by atoms with Crippen molar-refractivity contribution < 1.29 is 4.79 Å². The van der Waals surface area contributed by atoms with Gasteiger partial charge < -0.3 is 10.6 Å². The van der Waals surface area contributed by atoms with Crippen LogP contribution in [0.15, 0.2) is 34.4 Å². The van der Waals surface area contributed by atoms with Crippen molar-refractivity contribution in [3.8, 4) is 10.6 Å². The summed E-state index contributed by atoms with van der Waals surface area (Å²) >= 11 is 5.19. The van der Waals surface area contributed by atoms with Crippen LogP contribution in [0.2, 0.25) is 0 Å². The predicted octanol–water partition coefficient (Wildman–Crippen LogP) is 3.20. The van der Waals surface area contributed by atoms with E-state index in [-0.39, 0.29) is 5.91 Å². The number of nitrogens with zero attached hydrogens (tertiary/aromatic N) is 3. The van der Waals surface area contributed by atoms with Crippen LogP contribution in [-0.2, 0) is 20.0 Å². The van der Waals surface area contributed by atoms with Crippen LogP contribution in [0.1, 0.15) is 21.6 Å². The van der Waals surface area contributed by atoms with Crippen LogP contribution in [0.3, 0.4) is 0 Å². The van der Waals surface area contributed by atoms with Crippen molar-refractivity contribution in [1.82, 2.24) is 20.1 Å². The van der Waals surface area contributed by atoms with Crippen molar-refractivity contribution in [2.45, 2.75) is 13.0 Å². The molecule has 0 bridgehead atoms. The number of fused-ring (bicyclic) bond motifs is 1. The van der Waals surface area contributed by atoms with Crippen LogP contribution < -0.4 is 10.6 Å². The number of carbonyl (C=O) groups excluding carboxylic acids is 1. The van der Waals surface area contributed by atoms with Crippen molar-refractivity contribution >= 4 is 38.9 Å². The fraction of sp³-hybridized carbons (Fsp3) is 0.235. The summed E-state index contributed by atoms with van der Waals surface area (Å²) in [5.41, 5.74) is 4.69. The van der Waals surface area contributed by atoms with E-state index in [1.165, 1.54) is 0 Å². The summed E-state index contributed by atoms with van der Waals surface area (Å²) in [7, 11) is 1.89. The van der Waals surface area contributed by atoms with Gasteiger partial charge in [0.05, 0.1) is 18.4 Å². The highest BCUT2D eigenvalue weighted by atomic mass is 79.9. The number of hydrogen-bond donors (Lipinski definition) is 2. The molecule has 4 rings (SSSR count). The molecule has 2 aromatic heterocycles. The fourth-order valence-electron chi connectivity index (χ4n) is 2.81. The Labute approximate surface area is 157 Å². The van der Waals surface area contributed by atoms with Crippen molar-refractivity contribution in [3.63, 3.8) is 0 Å². The first-order valence-electron chi connectivity index (χ1n) is 7.88. The first kappa shape index (κ1) is 16.3. The third-order valence-corrected chi connectivity index (χ3v) is 5.68. The van der Waals surface area contributed by atoms with Gasteiger partial charge in [-0.25, -0.2) is 4.98 Å². The Morgan fingerprint density at radius 3 is 3.12 bits per heavy atom. The van der Waals surface area contributed by atoms with Gasteiger partial charge in [-0.3, -0.25) is 9.48 Å². The van der Waals surface area contributed by atoms with Crippen LogP contribution in [-0.4, -0.2) is 27.2 Å². The average molecular weight is 418 g/mol. The third kappa shape index (κ3) is 3.32. The highest BCUT2D eigenvalue weighted by Crippen LogP contribution is 2.29. The molecule has 0 atom stereocenters. The van der Waals surface area contributed by atoms with Crippen molar-refractivity contribution in [3.05, 3.63) is 51.2 Å². The Morgan fingerprint density at radius 1 is 1.44 bits per heavy atom. The number of amides is 1. The number of thiazole rings is 1. The van der Waals surface area contributed by atoms with Gasteiger partial charge in [-0.2, -0.15) is 5.10 Å². The minimum atomic E-state index is -0.00989. The molecule has 1 amide bonds. The molecule has 25 heavy (non-hydrogen) atoms. The van der Waals surface area contributed by atoms with Gasteiger partial charge in [0, 0.05) is 46.5 Å². The molecule has 6 nitrogen and oxygen atoms in total. The van der Waals surface area contributed by atoms with Crippen LogP contribution in [0, 0.1) is 0 Å². The van der Waals surface area contributed by atoms with Crippen LogP contribution in [0.25, 0.3) is 10.6 Å². The van der Waals surface area contributed by atoms with E-state index in [2.05, 4.69) is 36.6 Å². The summed E-state index contributed by atoms with van der Waals surface area (Å²) in [6.45, 7) is 1.29. The number of anilines is 1. The maximum atomic E-state index is 12.0. The number of carbonyl (C=O) groups is 1. The molecule has 128 valence electrons. The van der Waals surface area contributed by atoms with Crippen LogP contribution in [0.5, 0.6) is 0 Å². The lowest BCUT2D eigenvalue weighted by Crippen LogP contribution is -2.31. The maximum Gasteiger partial charge on any atom is 0.251 e. The number of halogens is 1. The normalized spacial score (nSPS) is 13.4. The number of nitrogens with one attached hydrogen (secondary N) is 2. The molecule has 0 saturated heterocycles. The number of aryl methyl sites for hydroxylation is 1. The Hall–Kier alpha value is -2.19. The molecule has 0 spiro atoms. The van der Waals surface area contributed by atoms with E-state index in [0.717, 1.165) is 44.0 Å². The summed E-state index contributed by atoms with van der Waals surface area (Å²) in [6.07, 6.45) is 4.63. The first-order chi connectivity index (χ1) is 12.1. The van der Waals surface area contributed by atoms with E-state index in [1.807, 2.05) is 37.0 Å². The van der Waals surface area contributed by atoms with Crippen LogP contribution in [0.4, 0.5) is 5.69 Å². The minimum absolute atomic E-state index is 0.00989. The average Bonchev–Trinajstić information content (AvgIpc) is 3.22. The van der Waals surface area contributed by atoms with Gasteiger partial charge in [0.15, 0.2) is 0 Å². The molecular weight excluding hydrogens is 402 g/mol. The Morgan fingerprint density at radius 2 is 2.32 bits per heavy atom. The van der Waals surface area contributed by atoms with E-state index < -0.39 is 0 Å². The fourth-order valence-corrected chi connectivity index (χ4v) is 4.14. The second kappa shape index (κ2) is 6.61. The lowest BCUT2D eigenvalue weighted by Gasteiger charge is -2.19. The molecule has 1 aliphatic heterocycles. The van der Waals surface area contributed by atoms with Gasteiger partial charge in [0.25, 0.3) is 5.91 Å². The van der Waals surface area contributed by atoms with Gasteiger partial charge in [0.2, 0.25) is 0 Å². The summed E-state index contributed by atoms with van der Waals surface area (Å²) < 4.78 is 2.73.